The molecule has 0 aliphatic carbocycles. The van der Waals surface area contributed by atoms with E-state index in [1.165, 1.54) is 11.8 Å². The zero-order chi connectivity index (χ0) is 14.0. The summed E-state index contributed by atoms with van der Waals surface area (Å²) in [5.74, 6) is 0.709. The third-order valence-electron chi connectivity index (χ3n) is 2.54. The van der Waals surface area contributed by atoms with Gasteiger partial charge in [-0.15, -0.1) is 5.10 Å². The van der Waals surface area contributed by atoms with Crippen molar-refractivity contribution in [1.29, 1.82) is 0 Å². The Kier molecular flexibility index (Phi) is 4.36. The second-order valence-corrected chi connectivity index (χ2v) is 6.31. The number of nitrogens with two attached hydrogens (primary N) is 1. The van der Waals surface area contributed by atoms with Crippen molar-refractivity contribution in [2.75, 3.05) is 5.73 Å². The van der Waals surface area contributed by atoms with Gasteiger partial charge in [-0.05, 0) is 37.6 Å². The lowest BCUT2D eigenvalue weighted by Crippen LogP contribution is -2.19. The number of hydrogen-bond donors (Lipinski definition) is 2. The van der Waals surface area contributed by atoms with Gasteiger partial charge in [-0.2, -0.15) is 0 Å². The lowest BCUT2D eigenvalue weighted by Gasteiger charge is -2.08. The quantitative estimate of drug-likeness (QED) is 0.661. The highest BCUT2D eigenvalue weighted by molar-refractivity contribution is 9.10. The Bertz CT molecular complexity index is 615. The second-order valence-electron chi connectivity index (χ2n) is 4.46. The van der Waals surface area contributed by atoms with E-state index in [0.29, 0.717) is 16.6 Å². The first kappa shape index (κ1) is 14.2. The van der Waals surface area contributed by atoms with Crippen molar-refractivity contribution in [2.45, 2.75) is 30.8 Å². The minimum atomic E-state index is -0.175. The van der Waals surface area contributed by atoms with Gasteiger partial charge in [-0.3, -0.25) is 4.57 Å². The summed E-state index contributed by atoms with van der Waals surface area (Å²) in [6.45, 7) is 3.91. The molecule has 0 amide bonds. The molecule has 5 nitrogen and oxygen atoms in total. The van der Waals surface area contributed by atoms with Gasteiger partial charge in [0.15, 0.2) is 5.16 Å². The molecule has 0 radical (unpaired) electrons. The molecule has 7 heteroatoms. The summed E-state index contributed by atoms with van der Waals surface area (Å²) in [6, 6.07) is 5.87. The summed E-state index contributed by atoms with van der Waals surface area (Å²) in [6.07, 6.45) is 0. The highest BCUT2D eigenvalue weighted by atomic mass is 79.9. The van der Waals surface area contributed by atoms with Gasteiger partial charge in [0.25, 0.3) is 0 Å². The van der Waals surface area contributed by atoms with E-state index in [9.17, 15) is 4.79 Å². The van der Waals surface area contributed by atoms with Crippen molar-refractivity contribution in [3.05, 3.63) is 38.7 Å². The highest BCUT2D eigenvalue weighted by Gasteiger charge is 2.11. The normalized spacial score (nSPS) is 11.2. The van der Waals surface area contributed by atoms with Crippen LogP contribution in [0.4, 0.5) is 5.69 Å². The fourth-order valence-electron chi connectivity index (χ4n) is 1.75. The van der Waals surface area contributed by atoms with E-state index in [1.54, 1.807) is 4.57 Å². The van der Waals surface area contributed by atoms with Crippen LogP contribution in [0, 0.1) is 0 Å². The summed E-state index contributed by atoms with van der Waals surface area (Å²) in [5.41, 5.74) is 7.42. The Hall–Kier alpha value is -1.21. The van der Waals surface area contributed by atoms with E-state index in [-0.39, 0.29) is 11.7 Å². The molecule has 19 heavy (non-hydrogen) atoms. The fraction of sp³-hybridized carbons (Fsp3) is 0.333. The van der Waals surface area contributed by atoms with Crippen LogP contribution in [0.15, 0.2) is 32.6 Å². The lowest BCUT2D eigenvalue weighted by atomic mass is 10.2. The first-order valence-electron chi connectivity index (χ1n) is 5.82. The number of anilines is 1. The van der Waals surface area contributed by atoms with Crippen LogP contribution >= 0.6 is 27.7 Å². The Morgan fingerprint density at radius 3 is 2.84 bits per heavy atom. The van der Waals surface area contributed by atoms with Gasteiger partial charge in [-0.1, -0.05) is 27.7 Å². The Morgan fingerprint density at radius 1 is 1.47 bits per heavy atom. The van der Waals surface area contributed by atoms with Crippen molar-refractivity contribution in [3.8, 4) is 0 Å². The molecule has 3 N–H and O–H groups in total. The molecule has 2 aromatic rings. The van der Waals surface area contributed by atoms with Crippen LogP contribution in [0.3, 0.4) is 0 Å². The van der Waals surface area contributed by atoms with Crippen molar-refractivity contribution in [1.82, 2.24) is 14.8 Å². The smallest absolute Gasteiger partial charge is 0.344 e. The molecule has 0 unspecified atom stereocenters. The summed E-state index contributed by atoms with van der Waals surface area (Å²) in [7, 11) is 0. The number of hydrogen-bond acceptors (Lipinski definition) is 4. The topological polar surface area (TPSA) is 76.7 Å². The first-order chi connectivity index (χ1) is 8.97. The molecular weight excluding hydrogens is 328 g/mol. The molecule has 0 spiro atoms. The molecule has 0 fully saturated rings. The maximum atomic E-state index is 11.6. The van der Waals surface area contributed by atoms with Crippen LogP contribution in [-0.2, 0) is 5.75 Å². The molecule has 2 rings (SSSR count). The third kappa shape index (κ3) is 3.42. The van der Waals surface area contributed by atoms with Crippen LogP contribution in [0.25, 0.3) is 0 Å². The standard InChI is InChI=1S/C12H15BrN4OS/c1-7(2)17-11(18)15-16-12(17)19-6-8-3-9(13)5-10(14)4-8/h3-5,7H,6,14H2,1-2H3,(H,15,18). The molecule has 0 aliphatic heterocycles. The molecule has 102 valence electrons. The highest BCUT2D eigenvalue weighted by Crippen LogP contribution is 2.25. The average molecular weight is 343 g/mol. The van der Waals surface area contributed by atoms with E-state index in [0.717, 1.165) is 10.0 Å². The van der Waals surface area contributed by atoms with Gasteiger partial charge in [0, 0.05) is 22.0 Å². The van der Waals surface area contributed by atoms with Crippen LogP contribution < -0.4 is 11.4 Å². The SMILES string of the molecule is CC(C)n1c(SCc2cc(N)cc(Br)c2)n[nH]c1=O. The van der Waals surface area contributed by atoms with Crippen molar-refractivity contribution >= 4 is 33.4 Å². The largest absolute Gasteiger partial charge is 0.399 e. The number of H-pyrrole nitrogens is 1. The number of nitrogen functional groups attached to an aromatic ring is 1. The molecule has 1 aromatic heterocycles. The molecule has 1 heterocycles. The molecular formula is C12H15BrN4OS. The second kappa shape index (κ2) is 5.83. The van der Waals surface area contributed by atoms with Crippen LogP contribution in [0.5, 0.6) is 0 Å². The van der Waals surface area contributed by atoms with Gasteiger partial charge in [0.2, 0.25) is 0 Å². The molecule has 1 aromatic carbocycles. The first-order valence-corrected chi connectivity index (χ1v) is 7.60. The van der Waals surface area contributed by atoms with Crippen LogP contribution in [-0.4, -0.2) is 14.8 Å². The molecule has 0 saturated carbocycles. The predicted octanol–water partition coefficient (Wildman–Crippen LogP) is 2.79. The number of nitrogens with one attached hydrogen (secondary N) is 1. The predicted molar refractivity (Wildman–Crippen MR) is 81.3 cm³/mol. The van der Waals surface area contributed by atoms with E-state index < -0.39 is 0 Å². The Morgan fingerprint density at radius 2 is 2.21 bits per heavy atom. The number of thioether (sulfide) groups is 1. The minimum absolute atomic E-state index is 0.0846. The number of rotatable bonds is 4. The molecule has 0 saturated heterocycles. The Balaban J connectivity index is 2.17. The van der Waals surface area contributed by atoms with E-state index in [1.807, 2.05) is 32.0 Å². The number of halogens is 1. The summed E-state index contributed by atoms with van der Waals surface area (Å²) < 4.78 is 2.60. The number of nitrogens with zero attached hydrogens (tertiary/aromatic N) is 2. The maximum absolute atomic E-state index is 11.6. The van der Waals surface area contributed by atoms with Gasteiger partial charge in [0.1, 0.15) is 0 Å². The van der Waals surface area contributed by atoms with Crippen LogP contribution in [0.1, 0.15) is 25.5 Å². The van der Waals surface area contributed by atoms with Crippen molar-refractivity contribution in [2.24, 2.45) is 0 Å². The fourth-order valence-corrected chi connectivity index (χ4v) is 3.32. The summed E-state index contributed by atoms with van der Waals surface area (Å²) in [4.78, 5) is 11.6. The van der Waals surface area contributed by atoms with E-state index >= 15 is 0 Å². The number of aromatic amines is 1. The summed E-state index contributed by atoms with van der Waals surface area (Å²) >= 11 is 4.93. The monoisotopic (exact) mass is 342 g/mol. The summed E-state index contributed by atoms with van der Waals surface area (Å²) in [5, 5.41) is 7.22. The van der Waals surface area contributed by atoms with Gasteiger partial charge >= 0.3 is 5.69 Å². The number of aromatic nitrogens is 3. The molecule has 0 atom stereocenters. The van der Waals surface area contributed by atoms with Gasteiger partial charge < -0.3 is 5.73 Å². The zero-order valence-electron chi connectivity index (χ0n) is 10.7. The maximum Gasteiger partial charge on any atom is 0.344 e. The minimum Gasteiger partial charge on any atom is -0.399 e. The lowest BCUT2D eigenvalue weighted by molar-refractivity contribution is 0.534. The molecule has 0 aliphatic rings. The average Bonchev–Trinajstić information content (AvgIpc) is 2.66. The van der Waals surface area contributed by atoms with Gasteiger partial charge in [-0.25, -0.2) is 9.89 Å². The van der Waals surface area contributed by atoms with Crippen LogP contribution in [0.2, 0.25) is 0 Å². The zero-order valence-corrected chi connectivity index (χ0v) is 13.1. The third-order valence-corrected chi connectivity index (χ3v) is 4.02. The van der Waals surface area contributed by atoms with Crippen molar-refractivity contribution < 1.29 is 0 Å². The van der Waals surface area contributed by atoms with Crippen molar-refractivity contribution in [3.63, 3.8) is 0 Å². The van der Waals surface area contributed by atoms with E-state index in [4.69, 9.17) is 5.73 Å². The van der Waals surface area contributed by atoms with Gasteiger partial charge in [0.05, 0.1) is 0 Å². The number of benzene rings is 1. The molecule has 0 bridgehead atoms. The van der Waals surface area contributed by atoms with E-state index in [2.05, 4.69) is 26.1 Å². The Labute approximate surface area is 123 Å².